The number of hydrogen-bond donors (Lipinski definition) is 1. The first-order chi connectivity index (χ1) is 13.1. The third kappa shape index (κ3) is 5.36. The number of hydrogen-bond acceptors (Lipinski definition) is 4. The van der Waals surface area contributed by atoms with Crippen molar-refractivity contribution < 1.29 is 4.79 Å². The Kier molecular flexibility index (Phi) is 6.96. The summed E-state index contributed by atoms with van der Waals surface area (Å²) in [5.41, 5.74) is 8.32. The van der Waals surface area contributed by atoms with E-state index in [-0.39, 0.29) is 5.91 Å². The molecule has 3 rings (SSSR count). The number of likely N-dealkylation sites (N-methyl/N-ethyl adjacent to an activating group) is 1. The van der Waals surface area contributed by atoms with E-state index in [1.54, 1.807) is 0 Å². The summed E-state index contributed by atoms with van der Waals surface area (Å²) >= 11 is 2.00. The maximum atomic E-state index is 12.8. The number of carbonyl (C=O) groups is 1. The first kappa shape index (κ1) is 20.0. The summed E-state index contributed by atoms with van der Waals surface area (Å²) in [7, 11) is 1.90. The van der Waals surface area contributed by atoms with Crippen molar-refractivity contribution in [2.75, 3.05) is 12.8 Å². The normalized spacial score (nSPS) is 20.6. The van der Waals surface area contributed by atoms with Crippen molar-refractivity contribution in [2.45, 2.75) is 56.5 Å². The van der Waals surface area contributed by atoms with Gasteiger partial charge in [0.2, 0.25) is 5.91 Å². The molecule has 1 aromatic carbocycles. The lowest BCUT2D eigenvalue weighted by Crippen LogP contribution is -2.46. The number of amides is 1. The fourth-order valence-corrected chi connectivity index (χ4v) is 4.94. The van der Waals surface area contributed by atoms with Crippen LogP contribution in [0.5, 0.6) is 0 Å². The molecule has 27 heavy (non-hydrogen) atoms. The molecule has 0 aliphatic heterocycles. The first-order valence-electron chi connectivity index (χ1n) is 9.75. The van der Waals surface area contributed by atoms with E-state index in [9.17, 15) is 4.79 Å². The second-order valence-electron chi connectivity index (χ2n) is 7.33. The van der Waals surface area contributed by atoms with E-state index in [2.05, 4.69) is 24.0 Å². The molecule has 1 heterocycles. The quantitative estimate of drug-likeness (QED) is 0.758. The highest BCUT2D eigenvalue weighted by molar-refractivity contribution is 7.99. The molecular formula is C21H30N4OS. The zero-order valence-corrected chi connectivity index (χ0v) is 17.1. The molecule has 2 N–H and O–H groups in total. The molecule has 1 saturated carbocycles. The average Bonchev–Trinajstić information content (AvgIpc) is 3.31. The van der Waals surface area contributed by atoms with Gasteiger partial charge in [0.1, 0.15) is 0 Å². The van der Waals surface area contributed by atoms with E-state index in [0.717, 1.165) is 30.8 Å². The Hall–Kier alpha value is -1.79. The van der Waals surface area contributed by atoms with Crippen LogP contribution in [-0.4, -0.2) is 50.5 Å². The fourth-order valence-electron chi connectivity index (χ4n) is 3.80. The van der Waals surface area contributed by atoms with Gasteiger partial charge in [0.05, 0.1) is 18.1 Å². The summed E-state index contributed by atoms with van der Waals surface area (Å²) in [6.45, 7) is 2.97. The van der Waals surface area contributed by atoms with Crippen LogP contribution in [0.2, 0.25) is 0 Å². The molecule has 3 atom stereocenters. The van der Waals surface area contributed by atoms with Crippen molar-refractivity contribution in [3.8, 4) is 0 Å². The number of nitrogens with zero attached hydrogens (tertiary/aromatic N) is 3. The molecule has 1 amide bonds. The molecule has 0 spiro atoms. The molecule has 0 saturated heterocycles. The smallest absolute Gasteiger partial charge is 0.239 e. The Morgan fingerprint density at radius 2 is 2.15 bits per heavy atom. The molecule has 5 nitrogen and oxygen atoms in total. The lowest BCUT2D eigenvalue weighted by Gasteiger charge is -2.27. The van der Waals surface area contributed by atoms with E-state index in [4.69, 9.17) is 5.73 Å². The minimum absolute atomic E-state index is 0.0276. The van der Waals surface area contributed by atoms with Crippen molar-refractivity contribution in [1.82, 2.24) is 14.5 Å². The number of rotatable bonds is 8. The summed E-state index contributed by atoms with van der Waals surface area (Å²) in [4.78, 5) is 19.1. The van der Waals surface area contributed by atoms with Crippen LogP contribution in [0.3, 0.4) is 0 Å². The third-order valence-electron chi connectivity index (χ3n) is 5.30. The number of thioether (sulfide) groups is 1. The predicted octanol–water partition coefficient (Wildman–Crippen LogP) is 2.93. The van der Waals surface area contributed by atoms with Crippen LogP contribution >= 0.6 is 11.8 Å². The number of carbonyl (C=O) groups excluding carboxylic acids is 1. The van der Waals surface area contributed by atoms with Crippen molar-refractivity contribution >= 4 is 17.7 Å². The van der Waals surface area contributed by atoms with Gasteiger partial charge in [-0.1, -0.05) is 37.3 Å². The van der Waals surface area contributed by atoms with Crippen molar-refractivity contribution in [3.05, 3.63) is 54.1 Å². The van der Waals surface area contributed by atoms with Gasteiger partial charge in [-0.2, -0.15) is 11.8 Å². The van der Waals surface area contributed by atoms with Gasteiger partial charge in [-0.15, -0.1) is 0 Å². The second-order valence-corrected chi connectivity index (χ2v) is 8.90. The Bertz CT molecular complexity index is 733. The number of imidazole rings is 1. The minimum atomic E-state index is -0.534. The largest absolute Gasteiger partial charge is 0.341 e. The SMILES string of the molecule is CCSC1CCC(N(C)C(=O)[C@@H](N)Cc2cn(Cc3ccccc3)cn2)C1. The van der Waals surface area contributed by atoms with Crippen LogP contribution in [-0.2, 0) is 17.8 Å². The number of benzene rings is 1. The summed E-state index contributed by atoms with van der Waals surface area (Å²) in [5, 5.41) is 0.681. The van der Waals surface area contributed by atoms with Crippen molar-refractivity contribution in [3.63, 3.8) is 0 Å². The van der Waals surface area contributed by atoms with Gasteiger partial charge < -0.3 is 15.2 Å². The fraction of sp³-hybridized carbons (Fsp3) is 0.524. The van der Waals surface area contributed by atoms with Gasteiger partial charge in [0, 0.05) is 37.5 Å². The van der Waals surface area contributed by atoms with Gasteiger partial charge in [-0.25, -0.2) is 4.98 Å². The summed E-state index contributed by atoms with van der Waals surface area (Å²) in [5.74, 6) is 1.17. The van der Waals surface area contributed by atoms with Gasteiger partial charge in [-0.05, 0) is 30.6 Å². The maximum Gasteiger partial charge on any atom is 0.239 e. The molecule has 1 aromatic heterocycles. The number of aromatic nitrogens is 2. The van der Waals surface area contributed by atoms with E-state index >= 15 is 0 Å². The standard InChI is InChI=1S/C21H30N4OS/c1-3-27-19-10-9-18(12-19)24(2)21(26)20(22)11-17-14-25(15-23-17)13-16-7-5-4-6-8-16/h4-8,14-15,18-20H,3,9-13,22H2,1-2H3/t18?,19?,20-/m0/s1. The molecule has 1 aliphatic carbocycles. The molecular weight excluding hydrogens is 356 g/mol. The molecule has 2 unspecified atom stereocenters. The topological polar surface area (TPSA) is 64.2 Å². The van der Waals surface area contributed by atoms with Crippen LogP contribution in [0.15, 0.2) is 42.9 Å². The molecule has 2 aromatic rings. The lowest BCUT2D eigenvalue weighted by atomic mass is 10.1. The van der Waals surface area contributed by atoms with Crippen LogP contribution in [0.1, 0.15) is 37.4 Å². The average molecular weight is 387 g/mol. The lowest BCUT2D eigenvalue weighted by molar-refractivity contribution is -0.133. The molecule has 0 bridgehead atoms. The highest BCUT2D eigenvalue weighted by Gasteiger charge is 2.31. The maximum absolute atomic E-state index is 12.8. The van der Waals surface area contributed by atoms with E-state index in [1.165, 1.54) is 12.0 Å². The summed E-state index contributed by atoms with van der Waals surface area (Å²) in [6, 6.07) is 10.0. The molecule has 1 aliphatic rings. The van der Waals surface area contributed by atoms with Crippen molar-refractivity contribution in [2.24, 2.45) is 5.73 Å². The molecule has 6 heteroatoms. The third-order valence-corrected chi connectivity index (χ3v) is 6.53. The minimum Gasteiger partial charge on any atom is -0.341 e. The van der Waals surface area contributed by atoms with E-state index in [0.29, 0.717) is 17.7 Å². The Morgan fingerprint density at radius 3 is 2.89 bits per heavy atom. The Labute approximate surface area is 166 Å². The monoisotopic (exact) mass is 386 g/mol. The summed E-state index contributed by atoms with van der Waals surface area (Å²) in [6.07, 6.45) is 7.64. The van der Waals surface area contributed by atoms with Crippen LogP contribution in [0, 0.1) is 0 Å². The van der Waals surface area contributed by atoms with Gasteiger partial charge in [0.15, 0.2) is 0 Å². The highest BCUT2D eigenvalue weighted by atomic mass is 32.2. The predicted molar refractivity (Wildman–Crippen MR) is 112 cm³/mol. The summed E-state index contributed by atoms with van der Waals surface area (Å²) < 4.78 is 2.04. The highest BCUT2D eigenvalue weighted by Crippen LogP contribution is 2.32. The molecule has 146 valence electrons. The second kappa shape index (κ2) is 9.42. The van der Waals surface area contributed by atoms with Gasteiger partial charge in [-0.3, -0.25) is 4.79 Å². The molecule has 0 radical (unpaired) electrons. The van der Waals surface area contributed by atoms with Crippen LogP contribution in [0.25, 0.3) is 0 Å². The van der Waals surface area contributed by atoms with Crippen molar-refractivity contribution in [1.29, 1.82) is 0 Å². The zero-order valence-electron chi connectivity index (χ0n) is 16.3. The zero-order chi connectivity index (χ0) is 19.2. The number of nitrogens with two attached hydrogens (primary N) is 1. The Morgan fingerprint density at radius 1 is 1.37 bits per heavy atom. The van der Waals surface area contributed by atoms with Gasteiger partial charge in [0.25, 0.3) is 0 Å². The van der Waals surface area contributed by atoms with E-state index in [1.807, 2.05) is 59.0 Å². The van der Waals surface area contributed by atoms with Crippen LogP contribution < -0.4 is 5.73 Å². The van der Waals surface area contributed by atoms with E-state index < -0.39 is 6.04 Å². The Balaban J connectivity index is 1.52. The van der Waals surface area contributed by atoms with Crippen LogP contribution in [0.4, 0.5) is 0 Å². The first-order valence-corrected chi connectivity index (χ1v) is 10.8. The molecule has 1 fully saturated rings. The van der Waals surface area contributed by atoms with Gasteiger partial charge >= 0.3 is 0 Å².